The molecule has 0 aliphatic carbocycles. The Hall–Kier alpha value is -4.37. The highest BCUT2D eigenvalue weighted by molar-refractivity contribution is 5.76. The van der Waals surface area contributed by atoms with Crippen LogP contribution < -0.4 is 14.8 Å². The van der Waals surface area contributed by atoms with Crippen LogP contribution in [-0.2, 0) is 38.7 Å². The molecule has 0 aromatic heterocycles. The normalized spacial score (nSPS) is 11.4. The summed E-state index contributed by atoms with van der Waals surface area (Å²) in [5, 5.41) is 22.6. The molecule has 3 aromatic rings. The zero-order chi connectivity index (χ0) is 26.1. The molecule has 9 nitrogen and oxygen atoms in total. The summed E-state index contributed by atoms with van der Waals surface area (Å²) in [6.45, 7) is 2.63. The van der Waals surface area contributed by atoms with E-state index in [0.29, 0.717) is 28.2 Å². The van der Waals surface area contributed by atoms with Gasteiger partial charge >= 0.3 is 17.9 Å². The molecule has 0 aliphatic heterocycles. The Morgan fingerprint density at radius 3 is 2.00 bits per heavy atom. The maximum atomic E-state index is 13.1. The van der Waals surface area contributed by atoms with Gasteiger partial charge in [-0.15, -0.1) is 0 Å². The largest absolute Gasteiger partial charge is 0.504 e. The van der Waals surface area contributed by atoms with Crippen LogP contribution in [0.3, 0.4) is 0 Å². The summed E-state index contributed by atoms with van der Waals surface area (Å²) in [4.78, 5) is 35.9. The highest BCUT2D eigenvalue weighted by atomic mass is 16.5. The number of hydrogen-bond acceptors (Lipinski definition) is 9. The number of rotatable bonds is 10. The molecule has 0 radical (unpaired) electrons. The minimum absolute atomic E-state index is 0.133. The van der Waals surface area contributed by atoms with Gasteiger partial charge in [0, 0.05) is 31.5 Å². The van der Waals surface area contributed by atoms with E-state index in [0.717, 1.165) is 0 Å². The van der Waals surface area contributed by atoms with Gasteiger partial charge in [0.25, 0.3) is 0 Å². The molecule has 0 fully saturated rings. The number of aromatic hydroxyl groups is 2. The summed E-state index contributed by atoms with van der Waals surface area (Å²) in [7, 11) is 0. The highest BCUT2D eigenvalue weighted by Crippen LogP contribution is 2.26. The van der Waals surface area contributed by atoms with Crippen LogP contribution in [0.4, 0.5) is 0 Å². The van der Waals surface area contributed by atoms with Crippen molar-refractivity contribution in [3.63, 3.8) is 0 Å². The van der Waals surface area contributed by atoms with Gasteiger partial charge in [-0.2, -0.15) is 0 Å². The summed E-state index contributed by atoms with van der Waals surface area (Å²) < 4.78 is 15.9. The van der Waals surface area contributed by atoms with Crippen molar-refractivity contribution in [1.82, 2.24) is 5.32 Å². The van der Waals surface area contributed by atoms with Crippen molar-refractivity contribution in [2.24, 2.45) is 0 Å². The molecule has 0 spiro atoms. The number of hydrogen-bond donors (Lipinski definition) is 3. The first-order chi connectivity index (χ1) is 17.2. The van der Waals surface area contributed by atoms with Crippen LogP contribution in [0.1, 0.15) is 30.5 Å². The fourth-order valence-electron chi connectivity index (χ4n) is 3.43. The average molecular weight is 494 g/mol. The molecule has 0 bridgehead atoms. The lowest BCUT2D eigenvalue weighted by Gasteiger charge is -2.19. The zero-order valence-corrected chi connectivity index (χ0v) is 19.9. The third-order valence-electron chi connectivity index (χ3n) is 5.13. The van der Waals surface area contributed by atoms with E-state index in [1.807, 2.05) is 0 Å². The van der Waals surface area contributed by atoms with E-state index in [1.54, 1.807) is 54.6 Å². The average Bonchev–Trinajstić information content (AvgIpc) is 2.83. The smallest absolute Gasteiger partial charge is 0.323 e. The van der Waals surface area contributed by atoms with Crippen LogP contribution in [0.15, 0.2) is 66.7 Å². The third kappa shape index (κ3) is 7.57. The van der Waals surface area contributed by atoms with E-state index in [2.05, 4.69) is 5.32 Å². The molecule has 0 aliphatic rings. The molecule has 3 aromatic carbocycles. The van der Waals surface area contributed by atoms with E-state index in [4.69, 9.17) is 14.2 Å². The van der Waals surface area contributed by atoms with E-state index in [1.165, 1.54) is 26.0 Å². The molecular weight excluding hydrogens is 466 g/mol. The van der Waals surface area contributed by atoms with Gasteiger partial charge in [-0.25, -0.2) is 0 Å². The topological polar surface area (TPSA) is 131 Å². The Morgan fingerprint density at radius 1 is 0.806 bits per heavy atom. The number of ether oxygens (including phenoxy) is 3. The van der Waals surface area contributed by atoms with Gasteiger partial charge in [-0.05, 0) is 36.2 Å². The van der Waals surface area contributed by atoms with E-state index in [9.17, 15) is 24.6 Å². The van der Waals surface area contributed by atoms with E-state index < -0.39 is 23.9 Å². The Bertz CT molecular complexity index is 1240. The fraction of sp³-hybridized carbons (Fsp3) is 0.222. The molecule has 9 heteroatoms. The lowest BCUT2D eigenvalue weighted by atomic mass is 10.0. The quantitative estimate of drug-likeness (QED) is 0.221. The molecule has 3 N–H and O–H groups in total. The molecule has 188 valence electrons. The second-order valence-corrected chi connectivity index (χ2v) is 7.97. The molecule has 36 heavy (non-hydrogen) atoms. The Kier molecular flexibility index (Phi) is 9.01. The van der Waals surface area contributed by atoms with Gasteiger partial charge < -0.3 is 24.4 Å². The summed E-state index contributed by atoms with van der Waals surface area (Å²) in [5.74, 6) is -1.48. The number of carbonyl (C=O) groups excluding carboxylic acids is 3. The fourth-order valence-corrected chi connectivity index (χ4v) is 3.43. The predicted octanol–water partition coefficient (Wildman–Crippen LogP) is 3.39. The predicted molar refractivity (Wildman–Crippen MR) is 129 cm³/mol. The first kappa shape index (κ1) is 26.2. The Morgan fingerprint density at radius 2 is 1.39 bits per heavy atom. The summed E-state index contributed by atoms with van der Waals surface area (Å²) >= 11 is 0. The maximum Gasteiger partial charge on any atom is 0.323 e. The van der Waals surface area contributed by atoms with Gasteiger partial charge in [-0.1, -0.05) is 42.5 Å². The van der Waals surface area contributed by atoms with Crippen LogP contribution in [0.2, 0.25) is 0 Å². The number of nitrogens with one attached hydrogen (secondary N) is 1. The van der Waals surface area contributed by atoms with Crippen LogP contribution >= 0.6 is 0 Å². The van der Waals surface area contributed by atoms with Crippen LogP contribution in [0.25, 0.3) is 0 Å². The Labute approximate surface area is 208 Å². The molecule has 0 amide bonds. The minimum Gasteiger partial charge on any atom is -0.504 e. The first-order valence-corrected chi connectivity index (χ1v) is 11.2. The van der Waals surface area contributed by atoms with Crippen LogP contribution in [0, 0.1) is 0 Å². The van der Waals surface area contributed by atoms with Gasteiger partial charge in [-0.3, -0.25) is 19.7 Å². The van der Waals surface area contributed by atoms with Gasteiger partial charge in [0.1, 0.15) is 24.1 Å². The van der Waals surface area contributed by atoms with Crippen molar-refractivity contribution in [3.8, 4) is 23.0 Å². The monoisotopic (exact) mass is 493 g/mol. The SMILES string of the molecule is CC(=O)Oc1ccccc1CN[C@@H](Cc1ccc(O)c(O)c1)C(=O)OCc1ccccc1OC(C)=O. The highest BCUT2D eigenvalue weighted by Gasteiger charge is 2.22. The zero-order valence-electron chi connectivity index (χ0n) is 19.9. The van der Waals surface area contributed by atoms with Crippen molar-refractivity contribution in [1.29, 1.82) is 0 Å². The first-order valence-electron chi connectivity index (χ1n) is 11.2. The van der Waals surface area contributed by atoms with Crippen molar-refractivity contribution >= 4 is 17.9 Å². The second-order valence-electron chi connectivity index (χ2n) is 7.97. The van der Waals surface area contributed by atoms with Gasteiger partial charge in [0.2, 0.25) is 0 Å². The summed E-state index contributed by atoms with van der Waals surface area (Å²) in [6.07, 6.45) is 0.133. The van der Waals surface area contributed by atoms with Crippen molar-refractivity contribution in [2.45, 2.75) is 39.5 Å². The molecule has 0 unspecified atom stereocenters. The van der Waals surface area contributed by atoms with E-state index >= 15 is 0 Å². The van der Waals surface area contributed by atoms with Crippen LogP contribution in [-0.4, -0.2) is 34.2 Å². The number of phenolic OH excluding ortho intramolecular Hbond substituents is 2. The molecule has 0 heterocycles. The molecule has 0 saturated carbocycles. The van der Waals surface area contributed by atoms with Gasteiger partial charge in [0.05, 0.1) is 0 Å². The number of esters is 3. The molecule has 3 rings (SSSR count). The second kappa shape index (κ2) is 12.4. The number of phenols is 2. The van der Waals surface area contributed by atoms with Crippen LogP contribution in [0.5, 0.6) is 23.0 Å². The standard InChI is InChI=1S/C27H27NO8/c1-17(29)35-25-9-5-3-7-20(25)15-28-22(13-19-11-12-23(31)24(32)14-19)27(33)34-16-21-8-4-6-10-26(21)36-18(2)30/h3-12,14,22,28,31-32H,13,15-16H2,1-2H3/t22-/m0/s1. The third-order valence-corrected chi connectivity index (χ3v) is 5.13. The Balaban J connectivity index is 1.77. The molecule has 0 saturated heterocycles. The summed E-state index contributed by atoms with van der Waals surface area (Å²) in [6, 6.07) is 17.0. The van der Waals surface area contributed by atoms with Gasteiger partial charge in [0.15, 0.2) is 11.5 Å². The maximum absolute atomic E-state index is 13.1. The van der Waals surface area contributed by atoms with E-state index in [-0.39, 0.29) is 31.1 Å². The molecular formula is C27H27NO8. The summed E-state index contributed by atoms with van der Waals surface area (Å²) in [5.41, 5.74) is 1.75. The number of benzene rings is 3. The van der Waals surface area contributed by atoms with Crippen molar-refractivity contribution in [2.75, 3.05) is 0 Å². The van der Waals surface area contributed by atoms with Crippen molar-refractivity contribution in [3.05, 3.63) is 83.4 Å². The lowest BCUT2D eigenvalue weighted by Crippen LogP contribution is -2.39. The number of carbonyl (C=O) groups is 3. The number of para-hydroxylation sites is 2. The molecule has 1 atom stereocenters. The van der Waals surface area contributed by atoms with Crippen molar-refractivity contribution < 1.29 is 38.8 Å². The minimum atomic E-state index is -0.861. The lowest BCUT2D eigenvalue weighted by molar-refractivity contribution is -0.147.